The molecule has 1 aromatic carbocycles. The standard InChI is InChI=1S/C18H26ClFN4.HI/c19-14-7-6-8-15(20)17(14)16(23-9-4-5-10-23)13-22-18(21)24-11-2-1-3-12-24;/h6-8,16H,1-5,9-13H2,(H2,21,22);1H. The summed E-state index contributed by atoms with van der Waals surface area (Å²) in [6.07, 6.45) is 5.84. The lowest BCUT2D eigenvalue weighted by Gasteiger charge is -2.30. The maximum atomic E-state index is 14.4. The first-order valence-electron chi connectivity index (χ1n) is 8.89. The van der Waals surface area contributed by atoms with E-state index in [4.69, 9.17) is 17.3 Å². The van der Waals surface area contributed by atoms with Gasteiger partial charge in [-0.05, 0) is 57.3 Å². The maximum absolute atomic E-state index is 14.4. The number of hydrogen-bond donors (Lipinski definition) is 1. The molecule has 0 amide bonds. The van der Waals surface area contributed by atoms with Gasteiger partial charge in [-0.15, -0.1) is 24.0 Å². The van der Waals surface area contributed by atoms with Crippen molar-refractivity contribution in [2.75, 3.05) is 32.7 Å². The SMILES string of the molecule is I.NC(=NCC(c1c(F)cccc1Cl)N1CCCC1)N1CCCCC1. The Morgan fingerprint density at radius 1 is 1.12 bits per heavy atom. The fraction of sp³-hybridized carbons (Fsp3) is 0.611. The Bertz CT molecular complexity index is 566. The maximum Gasteiger partial charge on any atom is 0.191 e. The van der Waals surface area contributed by atoms with Crippen molar-refractivity contribution < 1.29 is 4.39 Å². The lowest BCUT2D eigenvalue weighted by molar-refractivity contribution is 0.245. The average molecular weight is 481 g/mol. The van der Waals surface area contributed by atoms with Crippen molar-refractivity contribution in [1.29, 1.82) is 0 Å². The lowest BCUT2D eigenvalue weighted by atomic mass is 10.0. The van der Waals surface area contributed by atoms with Crippen molar-refractivity contribution in [1.82, 2.24) is 9.80 Å². The van der Waals surface area contributed by atoms with Crippen LogP contribution in [-0.4, -0.2) is 48.5 Å². The van der Waals surface area contributed by atoms with E-state index in [0.29, 0.717) is 23.1 Å². The van der Waals surface area contributed by atoms with Crippen LogP contribution in [-0.2, 0) is 0 Å². The third-order valence-electron chi connectivity index (χ3n) is 5.02. The van der Waals surface area contributed by atoms with Gasteiger partial charge in [0, 0.05) is 23.7 Å². The molecule has 7 heteroatoms. The Kier molecular flexibility index (Phi) is 8.22. The molecule has 0 saturated carbocycles. The topological polar surface area (TPSA) is 44.9 Å². The van der Waals surface area contributed by atoms with Gasteiger partial charge in [0.1, 0.15) is 5.82 Å². The molecule has 2 fully saturated rings. The van der Waals surface area contributed by atoms with E-state index in [2.05, 4.69) is 14.8 Å². The highest BCUT2D eigenvalue weighted by Crippen LogP contribution is 2.32. The first-order chi connectivity index (χ1) is 11.7. The normalized spacial score (nSPS) is 20.4. The summed E-state index contributed by atoms with van der Waals surface area (Å²) < 4.78 is 14.4. The van der Waals surface area contributed by atoms with Crippen molar-refractivity contribution in [2.24, 2.45) is 10.7 Å². The van der Waals surface area contributed by atoms with Gasteiger partial charge in [-0.2, -0.15) is 0 Å². The van der Waals surface area contributed by atoms with Gasteiger partial charge in [0.2, 0.25) is 0 Å². The van der Waals surface area contributed by atoms with E-state index in [1.807, 2.05) is 0 Å². The van der Waals surface area contributed by atoms with Crippen LogP contribution in [0.5, 0.6) is 0 Å². The first kappa shape index (κ1) is 20.7. The smallest absolute Gasteiger partial charge is 0.191 e. The zero-order chi connectivity index (χ0) is 16.9. The second-order valence-electron chi connectivity index (χ2n) is 6.64. The molecule has 4 nitrogen and oxygen atoms in total. The Balaban J connectivity index is 0.00000225. The summed E-state index contributed by atoms with van der Waals surface area (Å²) in [6, 6.07) is 4.72. The second kappa shape index (κ2) is 9.92. The van der Waals surface area contributed by atoms with Crippen LogP contribution in [0.3, 0.4) is 0 Å². The van der Waals surface area contributed by atoms with Crippen molar-refractivity contribution in [3.8, 4) is 0 Å². The molecule has 1 atom stereocenters. The summed E-state index contributed by atoms with van der Waals surface area (Å²) in [5.74, 6) is 0.317. The molecule has 0 aliphatic carbocycles. The van der Waals surface area contributed by atoms with Crippen molar-refractivity contribution in [3.63, 3.8) is 0 Å². The highest BCUT2D eigenvalue weighted by atomic mass is 127. The molecule has 0 aromatic heterocycles. The molecular formula is C18H27ClFIN4. The number of aliphatic imine (C=N–C) groups is 1. The molecule has 2 saturated heterocycles. The number of halogens is 3. The first-order valence-corrected chi connectivity index (χ1v) is 9.27. The molecule has 3 rings (SSSR count). The summed E-state index contributed by atoms with van der Waals surface area (Å²) in [6.45, 7) is 4.28. The second-order valence-corrected chi connectivity index (χ2v) is 7.05. The van der Waals surface area contributed by atoms with Gasteiger partial charge in [0.15, 0.2) is 5.96 Å². The predicted octanol–water partition coefficient (Wildman–Crippen LogP) is 4.03. The number of nitrogens with zero attached hydrogens (tertiary/aromatic N) is 3. The van der Waals surface area contributed by atoms with Crippen molar-refractivity contribution in [2.45, 2.75) is 38.1 Å². The number of rotatable bonds is 4. The Hall–Kier alpha value is -0.600. The third-order valence-corrected chi connectivity index (χ3v) is 5.35. The summed E-state index contributed by atoms with van der Waals surface area (Å²) in [5, 5.41) is 0.471. The summed E-state index contributed by atoms with van der Waals surface area (Å²) >= 11 is 6.31. The Morgan fingerprint density at radius 3 is 2.40 bits per heavy atom. The Labute approximate surface area is 171 Å². The number of likely N-dealkylation sites (tertiary alicyclic amines) is 2. The number of piperidine rings is 1. The monoisotopic (exact) mass is 480 g/mol. The van der Waals surface area contributed by atoms with E-state index >= 15 is 0 Å². The number of benzene rings is 1. The van der Waals surface area contributed by atoms with Crippen molar-refractivity contribution >= 4 is 41.5 Å². The quantitative estimate of drug-likeness (QED) is 0.402. The molecule has 1 unspecified atom stereocenters. The van der Waals surface area contributed by atoms with E-state index in [1.165, 1.54) is 12.5 Å². The molecule has 0 bridgehead atoms. The van der Waals surface area contributed by atoms with Gasteiger partial charge in [0.05, 0.1) is 12.6 Å². The molecule has 1 aromatic rings. The van der Waals surface area contributed by atoms with Gasteiger partial charge in [0.25, 0.3) is 0 Å². The minimum atomic E-state index is -0.258. The van der Waals surface area contributed by atoms with Crippen molar-refractivity contribution in [3.05, 3.63) is 34.6 Å². The fourth-order valence-electron chi connectivity index (χ4n) is 3.67. The van der Waals surface area contributed by atoms with Gasteiger partial charge < -0.3 is 10.6 Å². The summed E-state index contributed by atoms with van der Waals surface area (Å²) in [7, 11) is 0. The van der Waals surface area contributed by atoms with Gasteiger partial charge in [-0.1, -0.05) is 17.7 Å². The third kappa shape index (κ3) is 5.20. The Morgan fingerprint density at radius 2 is 1.76 bits per heavy atom. The van der Waals surface area contributed by atoms with Gasteiger partial charge in [-0.3, -0.25) is 9.89 Å². The van der Waals surface area contributed by atoms with Gasteiger partial charge in [-0.25, -0.2) is 4.39 Å². The molecule has 2 aliphatic heterocycles. The van der Waals surface area contributed by atoms with Crippen LogP contribution in [0.25, 0.3) is 0 Å². The van der Waals surface area contributed by atoms with Crippen LogP contribution < -0.4 is 5.73 Å². The summed E-state index contributed by atoms with van der Waals surface area (Å²) in [5.41, 5.74) is 6.73. The molecule has 0 spiro atoms. The minimum Gasteiger partial charge on any atom is -0.370 e. The highest BCUT2D eigenvalue weighted by molar-refractivity contribution is 14.0. The van der Waals surface area contributed by atoms with E-state index in [9.17, 15) is 4.39 Å². The van der Waals surface area contributed by atoms with Crippen LogP contribution >= 0.6 is 35.6 Å². The van der Waals surface area contributed by atoms with Crippen LogP contribution in [0.1, 0.15) is 43.7 Å². The van der Waals surface area contributed by atoms with Crippen LogP contribution in [0, 0.1) is 5.82 Å². The molecule has 2 aliphatic rings. The van der Waals surface area contributed by atoms with E-state index in [0.717, 1.165) is 51.9 Å². The number of guanidine groups is 1. The van der Waals surface area contributed by atoms with E-state index in [-0.39, 0.29) is 35.8 Å². The lowest BCUT2D eigenvalue weighted by Crippen LogP contribution is -2.41. The van der Waals surface area contributed by atoms with E-state index < -0.39 is 0 Å². The van der Waals surface area contributed by atoms with E-state index in [1.54, 1.807) is 12.1 Å². The zero-order valence-electron chi connectivity index (χ0n) is 14.5. The van der Waals surface area contributed by atoms with Gasteiger partial charge >= 0.3 is 0 Å². The molecule has 25 heavy (non-hydrogen) atoms. The molecular weight excluding hydrogens is 454 g/mol. The summed E-state index contributed by atoms with van der Waals surface area (Å²) in [4.78, 5) is 9.01. The zero-order valence-corrected chi connectivity index (χ0v) is 17.5. The van der Waals surface area contributed by atoms with Crippen LogP contribution in [0.4, 0.5) is 4.39 Å². The average Bonchev–Trinajstić information content (AvgIpc) is 3.12. The number of hydrogen-bond acceptors (Lipinski definition) is 2. The van der Waals surface area contributed by atoms with Crippen LogP contribution in [0.15, 0.2) is 23.2 Å². The largest absolute Gasteiger partial charge is 0.370 e. The molecule has 2 heterocycles. The molecule has 140 valence electrons. The van der Waals surface area contributed by atoms with Crippen LogP contribution in [0.2, 0.25) is 5.02 Å². The predicted molar refractivity (Wildman–Crippen MR) is 112 cm³/mol. The molecule has 2 N–H and O–H groups in total. The number of nitrogens with two attached hydrogens (primary N) is 1. The fourth-order valence-corrected chi connectivity index (χ4v) is 3.96. The minimum absolute atomic E-state index is 0. The molecule has 0 radical (unpaired) electrons. The highest BCUT2D eigenvalue weighted by Gasteiger charge is 2.27.